The normalized spacial score (nSPS) is 11.8. The first-order chi connectivity index (χ1) is 24.2. The number of rotatable bonds is 5. The zero-order chi connectivity index (χ0) is 32.9. The lowest BCUT2D eigenvalue weighted by molar-refractivity contribution is 1.10. The number of hydrogen-bond donors (Lipinski definition) is 1. The van der Waals surface area contributed by atoms with E-state index in [2.05, 4.69) is 169 Å². The van der Waals surface area contributed by atoms with Gasteiger partial charge in [0.25, 0.3) is 0 Å². The number of fused-ring (bicyclic) bond motifs is 4. The van der Waals surface area contributed by atoms with Crippen LogP contribution in [0.2, 0.25) is 0 Å². The van der Waals surface area contributed by atoms with Crippen LogP contribution in [0.25, 0.3) is 88.4 Å². The molecule has 0 aliphatic carbocycles. The third-order valence-corrected chi connectivity index (χ3v) is 10.0. The largest absolute Gasteiger partial charge is 0.405 e. The van der Waals surface area contributed by atoms with Crippen LogP contribution < -0.4 is 5.73 Å². The topological polar surface area (TPSA) is 30.9 Å². The van der Waals surface area contributed by atoms with Crippen molar-refractivity contribution in [1.29, 1.82) is 0 Å². The molecule has 0 unspecified atom stereocenters. The quantitative estimate of drug-likeness (QED) is 0.189. The third-order valence-electron chi connectivity index (χ3n) is 10.0. The molecule has 2 heteroatoms. The van der Waals surface area contributed by atoms with Gasteiger partial charge < -0.3 is 10.3 Å². The zero-order valence-corrected chi connectivity index (χ0v) is 27.3. The van der Waals surface area contributed by atoms with Crippen molar-refractivity contribution in [3.8, 4) is 39.1 Å². The fourth-order valence-electron chi connectivity index (χ4n) is 7.72. The second-order valence-corrected chi connectivity index (χ2v) is 12.8. The molecule has 0 radical (unpaired) electrons. The summed E-state index contributed by atoms with van der Waals surface area (Å²) in [7, 11) is 0. The molecule has 0 saturated heterocycles. The number of nitrogens with zero attached hydrogens (tertiary/aromatic N) is 1. The van der Waals surface area contributed by atoms with Crippen LogP contribution in [0.5, 0.6) is 0 Å². The molecule has 0 spiro atoms. The zero-order valence-electron chi connectivity index (χ0n) is 27.3. The van der Waals surface area contributed by atoms with E-state index in [4.69, 9.17) is 5.73 Å². The highest BCUT2D eigenvalue weighted by Crippen LogP contribution is 2.44. The summed E-state index contributed by atoms with van der Waals surface area (Å²) in [5.41, 5.74) is 17.9. The van der Waals surface area contributed by atoms with E-state index in [9.17, 15) is 0 Å². The maximum absolute atomic E-state index is 5.91. The van der Waals surface area contributed by atoms with E-state index in [-0.39, 0.29) is 0 Å². The van der Waals surface area contributed by atoms with Crippen molar-refractivity contribution in [3.63, 3.8) is 0 Å². The van der Waals surface area contributed by atoms with Crippen LogP contribution in [0.1, 0.15) is 11.3 Å². The summed E-state index contributed by atoms with van der Waals surface area (Å²) in [6, 6.07) is 59.5. The summed E-state index contributed by atoms with van der Waals surface area (Å²) in [6.45, 7) is 2.18. The van der Waals surface area contributed by atoms with Crippen LogP contribution in [0.15, 0.2) is 170 Å². The van der Waals surface area contributed by atoms with Crippen LogP contribution in [0.4, 0.5) is 0 Å². The van der Waals surface area contributed by atoms with Crippen molar-refractivity contribution in [1.82, 2.24) is 4.57 Å². The first kappa shape index (κ1) is 28.8. The van der Waals surface area contributed by atoms with Gasteiger partial charge in [0, 0.05) is 11.1 Å². The number of aromatic nitrogens is 1. The molecule has 1 aromatic heterocycles. The molecule has 0 bridgehead atoms. The van der Waals surface area contributed by atoms with E-state index < -0.39 is 0 Å². The van der Waals surface area contributed by atoms with Crippen LogP contribution >= 0.6 is 0 Å². The van der Waals surface area contributed by atoms with E-state index in [1.54, 1.807) is 6.20 Å². The van der Waals surface area contributed by atoms with Gasteiger partial charge in [-0.3, -0.25) is 0 Å². The second-order valence-electron chi connectivity index (χ2n) is 12.8. The Morgan fingerprint density at radius 1 is 0.449 bits per heavy atom. The summed E-state index contributed by atoms with van der Waals surface area (Å²) in [5, 5.41) is 8.79. The first-order valence-corrected chi connectivity index (χ1v) is 16.8. The molecule has 8 aromatic carbocycles. The van der Waals surface area contributed by atoms with Gasteiger partial charge in [0.1, 0.15) is 0 Å². The molecule has 49 heavy (non-hydrogen) atoms. The molecule has 0 aliphatic rings. The van der Waals surface area contributed by atoms with E-state index in [1.165, 1.54) is 82.2 Å². The molecule has 0 aliphatic heterocycles. The minimum absolute atomic E-state index is 1.10. The summed E-state index contributed by atoms with van der Waals surface area (Å²) >= 11 is 0. The van der Waals surface area contributed by atoms with Crippen LogP contribution in [-0.4, -0.2) is 4.57 Å². The SMILES string of the molecule is Cc1c(/C=C\N)n(-c2ccccc2)c2ccc(-c3ccc(-c4c5ccccc5c(-c5ccc6ccccc6c5)c5ccccc45)cc3)cc12. The first-order valence-electron chi connectivity index (χ1n) is 16.8. The van der Waals surface area contributed by atoms with Crippen molar-refractivity contribution in [2.45, 2.75) is 6.92 Å². The highest BCUT2D eigenvalue weighted by Gasteiger charge is 2.18. The fourth-order valence-corrected chi connectivity index (χ4v) is 7.72. The van der Waals surface area contributed by atoms with Gasteiger partial charge in [0.15, 0.2) is 0 Å². The van der Waals surface area contributed by atoms with Crippen molar-refractivity contribution >= 4 is 49.3 Å². The van der Waals surface area contributed by atoms with E-state index in [0.29, 0.717) is 0 Å². The van der Waals surface area contributed by atoms with Gasteiger partial charge in [-0.15, -0.1) is 0 Å². The molecule has 0 fully saturated rings. The summed E-state index contributed by atoms with van der Waals surface area (Å²) in [6.07, 6.45) is 3.62. The molecule has 1 heterocycles. The van der Waals surface area contributed by atoms with Gasteiger partial charge in [-0.25, -0.2) is 0 Å². The van der Waals surface area contributed by atoms with Crippen molar-refractivity contribution in [2.75, 3.05) is 0 Å². The van der Waals surface area contributed by atoms with E-state index >= 15 is 0 Å². The standard InChI is InChI=1S/C47H34N2/c1-31-43-30-36(25-26-45(43)49(44(31)27-28-48)38-13-3-2-4-14-38)33-19-22-34(23-20-33)46-39-15-7-9-17-41(39)47(42-18-10-8-16-40(42)46)37-24-21-32-11-5-6-12-35(32)29-37/h2-30H,48H2,1H3/b28-27-. The van der Waals surface area contributed by atoms with Gasteiger partial charge in [-0.05, 0) is 121 Å². The molecule has 232 valence electrons. The lowest BCUT2D eigenvalue weighted by Crippen LogP contribution is -1.97. The molecular weight excluding hydrogens is 593 g/mol. The molecule has 9 rings (SSSR count). The fraction of sp³-hybridized carbons (Fsp3) is 0.0213. The van der Waals surface area contributed by atoms with Gasteiger partial charge >= 0.3 is 0 Å². The lowest BCUT2D eigenvalue weighted by atomic mass is 9.85. The monoisotopic (exact) mass is 626 g/mol. The predicted molar refractivity (Wildman–Crippen MR) is 210 cm³/mol. The lowest BCUT2D eigenvalue weighted by Gasteiger charge is -2.18. The molecule has 0 amide bonds. The maximum Gasteiger partial charge on any atom is 0.0538 e. The van der Waals surface area contributed by atoms with E-state index in [1.807, 2.05) is 12.1 Å². The molecular formula is C47H34N2. The Bertz CT molecular complexity index is 2660. The number of para-hydroxylation sites is 1. The number of aryl methyl sites for hydroxylation is 1. The highest BCUT2D eigenvalue weighted by molar-refractivity contribution is 6.21. The smallest absolute Gasteiger partial charge is 0.0538 e. The molecule has 0 saturated carbocycles. The van der Waals surface area contributed by atoms with Crippen molar-refractivity contribution < 1.29 is 0 Å². The van der Waals surface area contributed by atoms with Crippen LogP contribution in [0, 0.1) is 6.92 Å². The minimum atomic E-state index is 1.10. The highest BCUT2D eigenvalue weighted by atomic mass is 15.0. The Morgan fingerprint density at radius 3 is 1.63 bits per heavy atom. The molecule has 0 atom stereocenters. The van der Waals surface area contributed by atoms with E-state index in [0.717, 1.165) is 11.4 Å². The number of hydrogen-bond acceptors (Lipinski definition) is 1. The Kier molecular flexibility index (Phi) is 6.88. The van der Waals surface area contributed by atoms with Gasteiger partial charge in [-0.1, -0.05) is 133 Å². The Hall–Kier alpha value is -6.38. The Labute approximate surface area is 286 Å². The van der Waals surface area contributed by atoms with Gasteiger partial charge in [-0.2, -0.15) is 0 Å². The second kappa shape index (κ2) is 11.7. The average Bonchev–Trinajstić information content (AvgIpc) is 3.44. The number of benzene rings is 8. The predicted octanol–water partition coefficient (Wildman–Crippen LogP) is 12.3. The third kappa shape index (κ3) is 4.72. The van der Waals surface area contributed by atoms with Crippen molar-refractivity contribution in [2.24, 2.45) is 5.73 Å². The molecule has 2 N–H and O–H groups in total. The summed E-state index contributed by atoms with van der Waals surface area (Å²) in [4.78, 5) is 0. The van der Waals surface area contributed by atoms with Gasteiger partial charge in [0.05, 0.1) is 11.2 Å². The van der Waals surface area contributed by atoms with Crippen molar-refractivity contribution in [3.05, 3.63) is 181 Å². The molecule has 2 nitrogen and oxygen atoms in total. The minimum Gasteiger partial charge on any atom is -0.405 e. The summed E-state index contributed by atoms with van der Waals surface area (Å²) in [5.74, 6) is 0. The maximum atomic E-state index is 5.91. The average molecular weight is 627 g/mol. The Balaban J connectivity index is 1.18. The van der Waals surface area contributed by atoms with Crippen LogP contribution in [0.3, 0.4) is 0 Å². The van der Waals surface area contributed by atoms with Crippen LogP contribution in [-0.2, 0) is 0 Å². The Morgan fingerprint density at radius 2 is 0.980 bits per heavy atom. The molecule has 9 aromatic rings. The van der Waals surface area contributed by atoms with Gasteiger partial charge in [0.2, 0.25) is 0 Å². The number of nitrogens with two attached hydrogens (primary N) is 1. The summed E-state index contributed by atoms with van der Waals surface area (Å²) < 4.78 is 2.29.